The Morgan fingerprint density at radius 3 is 2.06 bits per heavy atom. The van der Waals surface area contributed by atoms with E-state index in [-0.39, 0.29) is 16.2 Å². The molecule has 0 saturated heterocycles. The summed E-state index contributed by atoms with van der Waals surface area (Å²) in [6, 6.07) is 34.7. The van der Waals surface area contributed by atoms with E-state index >= 15 is 0 Å². The van der Waals surface area contributed by atoms with Crippen LogP contribution in [0, 0.1) is 12.3 Å². The van der Waals surface area contributed by atoms with Gasteiger partial charge in [-0.2, -0.15) is 0 Å². The topological polar surface area (TPSA) is 6.48 Å². The van der Waals surface area contributed by atoms with Gasteiger partial charge in [-0.25, -0.2) is 0 Å². The van der Waals surface area contributed by atoms with Crippen molar-refractivity contribution in [3.63, 3.8) is 0 Å². The quantitative estimate of drug-likeness (QED) is 0.163. The van der Waals surface area contributed by atoms with Crippen molar-refractivity contribution < 1.29 is 0 Å². The Labute approximate surface area is 318 Å². The van der Waals surface area contributed by atoms with Crippen molar-refractivity contribution in [1.82, 2.24) is 0 Å². The minimum atomic E-state index is -0.0987. The van der Waals surface area contributed by atoms with Gasteiger partial charge in [0.05, 0.1) is 0 Å². The fourth-order valence-corrected chi connectivity index (χ4v) is 9.25. The lowest BCUT2D eigenvalue weighted by molar-refractivity contribution is 0.390. The van der Waals surface area contributed by atoms with Crippen molar-refractivity contribution in [1.29, 1.82) is 0 Å². The highest BCUT2D eigenvalue weighted by Crippen LogP contribution is 2.52. The van der Waals surface area contributed by atoms with Crippen LogP contribution in [0.4, 0.5) is 17.1 Å². The Morgan fingerprint density at radius 2 is 1.26 bits per heavy atom. The molecule has 2 nitrogen and oxygen atoms in total. The minimum absolute atomic E-state index is 0.0987. The van der Waals surface area contributed by atoms with Gasteiger partial charge in [0.2, 0.25) is 0 Å². The third kappa shape index (κ3) is 5.86. The molecule has 0 amide bonds. The van der Waals surface area contributed by atoms with Gasteiger partial charge in [0.1, 0.15) is 0 Å². The van der Waals surface area contributed by atoms with E-state index in [1.54, 1.807) is 0 Å². The van der Waals surface area contributed by atoms with Crippen LogP contribution in [0.2, 0.25) is 0 Å². The molecule has 0 radical (unpaired) electrons. The maximum atomic E-state index is 2.56. The fraction of sp³-hybridized carbons (Fsp3) is 0.333. The van der Waals surface area contributed by atoms with Crippen molar-refractivity contribution in [3.8, 4) is 11.1 Å². The molecular formula is C51H56N2. The number of anilines is 3. The maximum absolute atomic E-state index is 2.56. The Balaban J connectivity index is 1.13. The van der Waals surface area contributed by atoms with E-state index in [9.17, 15) is 0 Å². The highest BCUT2D eigenvalue weighted by atomic mass is 15.2. The Morgan fingerprint density at radius 1 is 0.585 bits per heavy atom. The first-order valence-corrected chi connectivity index (χ1v) is 19.8. The maximum Gasteiger partial charge on any atom is 0.0490 e. The van der Waals surface area contributed by atoms with Gasteiger partial charge < -0.3 is 9.80 Å². The Hall–Kier alpha value is -4.82. The first kappa shape index (κ1) is 35.2. The number of allylic oxidation sites excluding steroid dienone is 3. The minimum Gasteiger partial charge on any atom is -0.341 e. The van der Waals surface area contributed by atoms with Crippen molar-refractivity contribution >= 4 is 40.0 Å². The monoisotopic (exact) mass is 696 g/mol. The molecule has 0 bridgehead atoms. The number of aryl methyl sites for hydroxylation is 1. The number of fused-ring (bicyclic) bond motifs is 5. The number of benzene rings is 5. The molecule has 2 heteroatoms. The smallest absolute Gasteiger partial charge is 0.0490 e. The van der Waals surface area contributed by atoms with Gasteiger partial charge in [-0.15, -0.1) is 0 Å². The molecule has 270 valence electrons. The van der Waals surface area contributed by atoms with Crippen LogP contribution >= 0.6 is 0 Å². The second kappa shape index (κ2) is 12.9. The molecule has 0 fully saturated rings. The first-order valence-electron chi connectivity index (χ1n) is 19.8. The molecule has 0 aromatic heterocycles. The van der Waals surface area contributed by atoms with Gasteiger partial charge in [-0.05, 0) is 136 Å². The number of para-hydroxylation sites is 1. The summed E-state index contributed by atoms with van der Waals surface area (Å²) in [5.41, 5.74) is 17.9. The molecule has 53 heavy (non-hydrogen) atoms. The van der Waals surface area contributed by atoms with Crippen LogP contribution in [0.3, 0.4) is 0 Å². The summed E-state index contributed by atoms with van der Waals surface area (Å²) in [5, 5.41) is 2.60. The highest BCUT2D eigenvalue weighted by molar-refractivity contribution is 6.01. The van der Waals surface area contributed by atoms with E-state index in [4.69, 9.17) is 0 Å². The largest absolute Gasteiger partial charge is 0.341 e. The van der Waals surface area contributed by atoms with Gasteiger partial charge in [0.25, 0.3) is 0 Å². The molecule has 3 aliphatic rings. The zero-order valence-corrected chi connectivity index (χ0v) is 33.4. The molecule has 5 aromatic carbocycles. The number of hydrogen-bond acceptors (Lipinski definition) is 2. The van der Waals surface area contributed by atoms with E-state index in [0.29, 0.717) is 0 Å². The van der Waals surface area contributed by atoms with Crippen LogP contribution in [0.5, 0.6) is 0 Å². The summed E-state index contributed by atoms with van der Waals surface area (Å²) in [6.07, 6.45) is 12.7. The van der Waals surface area contributed by atoms with Crippen LogP contribution in [0.25, 0.3) is 34.1 Å². The standard InChI is InChI=1S/C51H56N2/c1-10-11-19-46-35(3)49(4,5)27-30-53(46)47-26-23-36(39-16-12-13-17-41(39)47)21-22-37-32-44-42(31-34(37)2)40-25-24-38(33-45(40)51(44,8)9)52-29-28-50(6,7)43-18-14-15-20-48(43)52/h11-26,31-33H,10,27-30H2,1-9H3. The lowest BCUT2D eigenvalue weighted by Gasteiger charge is -2.41. The summed E-state index contributed by atoms with van der Waals surface area (Å²) < 4.78 is 0. The molecule has 0 N–H and O–H groups in total. The van der Waals surface area contributed by atoms with Crippen molar-refractivity contribution in [3.05, 3.63) is 148 Å². The van der Waals surface area contributed by atoms with E-state index < -0.39 is 0 Å². The predicted molar refractivity (Wildman–Crippen MR) is 231 cm³/mol. The number of hydrogen-bond donors (Lipinski definition) is 0. The molecule has 8 rings (SSSR count). The predicted octanol–water partition coefficient (Wildman–Crippen LogP) is 13.9. The zero-order chi connectivity index (χ0) is 37.3. The summed E-state index contributed by atoms with van der Waals surface area (Å²) in [5.74, 6) is 0. The van der Waals surface area contributed by atoms with Crippen LogP contribution in [0.15, 0.2) is 114 Å². The third-order valence-electron chi connectivity index (χ3n) is 13.1. The second-order valence-corrected chi connectivity index (χ2v) is 17.6. The first-order chi connectivity index (χ1) is 25.3. The van der Waals surface area contributed by atoms with Crippen LogP contribution in [-0.2, 0) is 10.8 Å². The lowest BCUT2D eigenvalue weighted by Crippen LogP contribution is -2.35. The van der Waals surface area contributed by atoms with Crippen LogP contribution in [-0.4, -0.2) is 13.1 Å². The Kier molecular flexibility index (Phi) is 8.60. The zero-order valence-electron chi connectivity index (χ0n) is 33.4. The SMILES string of the molecule is CCC=CC1=C(C)C(C)(C)CCN1c1ccc(C=Cc2cc3c(cc2C)-c2ccc(N4CCC(C)(C)c5ccccc54)cc2C3(C)C)c2ccccc12. The van der Waals surface area contributed by atoms with Crippen molar-refractivity contribution in [2.24, 2.45) is 5.41 Å². The number of rotatable bonds is 6. The molecule has 0 spiro atoms. The van der Waals surface area contributed by atoms with Gasteiger partial charge in [-0.1, -0.05) is 127 Å². The lowest BCUT2D eigenvalue weighted by atomic mass is 9.77. The van der Waals surface area contributed by atoms with Crippen molar-refractivity contribution in [2.45, 2.75) is 92.4 Å². The summed E-state index contributed by atoms with van der Waals surface area (Å²) in [4.78, 5) is 5.10. The Bertz CT molecular complexity index is 2340. The third-order valence-corrected chi connectivity index (χ3v) is 13.1. The van der Waals surface area contributed by atoms with Crippen LogP contribution < -0.4 is 9.80 Å². The molecule has 2 heterocycles. The van der Waals surface area contributed by atoms with Gasteiger partial charge in [0.15, 0.2) is 0 Å². The molecule has 0 unspecified atom stereocenters. The van der Waals surface area contributed by atoms with Crippen LogP contribution in [0.1, 0.15) is 108 Å². The average molecular weight is 697 g/mol. The normalized spacial score (nSPS) is 18.6. The fourth-order valence-electron chi connectivity index (χ4n) is 9.25. The van der Waals surface area contributed by atoms with E-state index in [2.05, 4.69) is 187 Å². The molecule has 5 aromatic rings. The summed E-state index contributed by atoms with van der Waals surface area (Å²) in [7, 11) is 0. The van der Waals surface area contributed by atoms with Crippen molar-refractivity contribution in [2.75, 3.05) is 22.9 Å². The van der Waals surface area contributed by atoms with Gasteiger partial charge in [0, 0.05) is 46.6 Å². The van der Waals surface area contributed by atoms with Gasteiger partial charge in [-0.3, -0.25) is 0 Å². The van der Waals surface area contributed by atoms with E-state index in [1.807, 2.05) is 0 Å². The van der Waals surface area contributed by atoms with E-state index in [0.717, 1.165) is 32.4 Å². The molecule has 0 atom stereocenters. The molecular weight excluding hydrogens is 641 g/mol. The molecule has 0 saturated carbocycles. The highest BCUT2D eigenvalue weighted by Gasteiger charge is 2.38. The summed E-state index contributed by atoms with van der Waals surface area (Å²) in [6.45, 7) is 23.2. The van der Waals surface area contributed by atoms with E-state index in [1.165, 1.54) is 83.6 Å². The average Bonchev–Trinajstić information content (AvgIpc) is 3.35. The molecule has 2 aliphatic heterocycles. The molecule has 1 aliphatic carbocycles. The van der Waals surface area contributed by atoms with Gasteiger partial charge >= 0.3 is 0 Å². The number of nitrogens with zero attached hydrogens (tertiary/aromatic N) is 2. The second-order valence-electron chi connectivity index (χ2n) is 17.6. The summed E-state index contributed by atoms with van der Waals surface area (Å²) >= 11 is 0.